The molecule has 0 atom stereocenters. The minimum absolute atomic E-state index is 0.146. The predicted molar refractivity (Wildman–Crippen MR) is 154 cm³/mol. The molecule has 216 valence electrons. The number of esters is 4. The van der Waals surface area contributed by atoms with Crippen LogP contribution in [0.1, 0.15) is 31.1 Å². The summed E-state index contributed by atoms with van der Waals surface area (Å²) >= 11 is 0. The zero-order chi connectivity index (χ0) is 31.0. The van der Waals surface area contributed by atoms with Crippen LogP contribution in [0.25, 0.3) is 22.3 Å². The van der Waals surface area contributed by atoms with E-state index in [4.69, 9.17) is 18.9 Å². The summed E-state index contributed by atoms with van der Waals surface area (Å²) in [7, 11) is 0. The Hall–Kier alpha value is -5.31. The Kier molecular flexibility index (Phi) is 10.3. The number of hydrogen-bond donors (Lipinski definition) is 0. The van der Waals surface area contributed by atoms with Crippen molar-refractivity contribution in [1.82, 2.24) is 0 Å². The van der Waals surface area contributed by atoms with E-state index in [1.165, 1.54) is 39.0 Å². The van der Waals surface area contributed by atoms with Gasteiger partial charge in [-0.25, -0.2) is 23.6 Å². The highest BCUT2D eigenvalue weighted by atomic mass is 19.1. The highest BCUT2D eigenvalue weighted by molar-refractivity contribution is 5.91. The van der Waals surface area contributed by atoms with E-state index in [9.17, 15) is 23.6 Å². The van der Waals surface area contributed by atoms with Crippen LogP contribution in [-0.2, 0) is 23.9 Å². The smallest absolute Gasteiger partial charge is 0.341 e. The number of rotatable bonds is 11. The van der Waals surface area contributed by atoms with Crippen LogP contribution in [0.15, 0.2) is 97.1 Å². The largest absolute Gasteiger partial charge is 0.459 e. The lowest BCUT2D eigenvalue weighted by Crippen LogP contribution is -2.15. The highest BCUT2D eigenvalue weighted by Crippen LogP contribution is 2.32. The number of carbonyl (C=O) groups is 4. The van der Waals surface area contributed by atoms with Gasteiger partial charge in [0.15, 0.2) is 0 Å². The van der Waals surface area contributed by atoms with Crippen molar-refractivity contribution in [1.29, 1.82) is 0 Å². The van der Waals surface area contributed by atoms with Gasteiger partial charge in [-0.15, -0.1) is 0 Å². The monoisotopic (exact) mass is 572 g/mol. The average Bonchev–Trinajstić information content (AvgIpc) is 2.94. The fourth-order valence-electron chi connectivity index (χ4n) is 3.43. The Morgan fingerprint density at radius 3 is 1.52 bits per heavy atom. The van der Waals surface area contributed by atoms with Crippen molar-refractivity contribution in [3.8, 4) is 33.8 Å². The summed E-state index contributed by atoms with van der Waals surface area (Å²) in [5, 5.41) is 0. The van der Waals surface area contributed by atoms with Crippen LogP contribution < -0.4 is 9.47 Å². The summed E-state index contributed by atoms with van der Waals surface area (Å²) in [4.78, 5) is 47.8. The van der Waals surface area contributed by atoms with Gasteiger partial charge in [0.25, 0.3) is 0 Å². The van der Waals surface area contributed by atoms with Gasteiger partial charge >= 0.3 is 23.9 Å². The van der Waals surface area contributed by atoms with Crippen LogP contribution in [0.5, 0.6) is 11.5 Å². The van der Waals surface area contributed by atoms with Gasteiger partial charge < -0.3 is 18.9 Å². The molecule has 3 aromatic rings. The molecule has 0 saturated carbocycles. The first kappa shape index (κ1) is 31.2. The molecule has 0 aromatic heterocycles. The molecule has 42 heavy (non-hydrogen) atoms. The fourth-order valence-corrected chi connectivity index (χ4v) is 3.43. The minimum Gasteiger partial charge on any atom is -0.459 e. The average molecular weight is 573 g/mol. The van der Waals surface area contributed by atoms with Gasteiger partial charge in [0.05, 0.1) is 5.56 Å². The van der Waals surface area contributed by atoms with Crippen molar-refractivity contribution in [2.75, 3.05) is 13.2 Å². The first-order chi connectivity index (χ1) is 19.8. The van der Waals surface area contributed by atoms with Crippen molar-refractivity contribution in [2.45, 2.75) is 20.8 Å². The molecule has 0 unspecified atom stereocenters. The Morgan fingerprint density at radius 1 is 0.595 bits per heavy atom. The molecule has 0 aliphatic rings. The van der Waals surface area contributed by atoms with Gasteiger partial charge in [0.2, 0.25) is 0 Å². The maximum Gasteiger partial charge on any atom is 0.341 e. The van der Waals surface area contributed by atoms with E-state index in [0.29, 0.717) is 22.3 Å². The van der Waals surface area contributed by atoms with E-state index in [0.717, 1.165) is 0 Å². The fraction of sp³-hybridized carbons (Fsp3) is 0.152. The van der Waals surface area contributed by atoms with Crippen LogP contribution in [0.4, 0.5) is 4.39 Å². The van der Waals surface area contributed by atoms with Gasteiger partial charge in [-0.05, 0) is 67.3 Å². The zero-order valence-electron chi connectivity index (χ0n) is 23.5. The van der Waals surface area contributed by atoms with Crippen molar-refractivity contribution in [3.63, 3.8) is 0 Å². The Bertz CT molecular complexity index is 1540. The standard InChI is InChI=1S/C33H29FO8/c1-19(2)30(35)39-13-14-40-33(38)28-12-11-24(17-29(28)34)22-7-9-23(10-8-22)25-15-26(41-31(36)20(3)4)18-27(16-25)42-32(37)21(5)6/h7-12,15-18H,1,3,5,13-14H2,2,4,6H3. The summed E-state index contributed by atoms with van der Waals surface area (Å²) in [6, 6.07) is 15.7. The lowest BCUT2D eigenvalue weighted by Gasteiger charge is -2.12. The SMILES string of the molecule is C=C(C)C(=O)OCCOC(=O)c1ccc(-c2ccc(-c3cc(OC(=O)C(=C)C)cc(OC(=O)C(=C)C)c3)cc2)cc1F. The molecule has 0 N–H and O–H groups in total. The molecule has 0 fully saturated rings. The molecule has 8 nitrogen and oxygen atoms in total. The zero-order valence-corrected chi connectivity index (χ0v) is 23.5. The molecule has 0 bridgehead atoms. The molecule has 0 heterocycles. The van der Waals surface area contributed by atoms with Crippen molar-refractivity contribution in [3.05, 3.63) is 109 Å². The summed E-state index contributed by atoms with van der Waals surface area (Å²) in [5.41, 5.74) is 2.77. The molecular formula is C33H29FO8. The van der Waals surface area contributed by atoms with E-state index in [1.54, 1.807) is 42.5 Å². The second-order valence-electron chi connectivity index (χ2n) is 9.36. The number of ether oxygens (including phenoxy) is 4. The first-order valence-electron chi connectivity index (χ1n) is 12.7. The second kappa shape index (κ2) is 13.8. The Labute approximate surface area is 242 Å². The van der Waals surface area contributed by atoms with Gasteiger partial charge in [-0.3, -0.25) is 0 Å². The van der Waals surface area contributed by atoms with E-state index in [2.05, 4.69) is 19.7 Å². The lowest BCUT2D eigenvalue weighted by atomic mass is 9.99. The van der Waals surface area contributed by atoms with Crippen LogP contribution >= 0.6 is 0 Å². The molecule has 0 spiro atoms. The normalized spacial score (nSPS) is 10.3. The third-order valence-corrected chi connectivity index (χ3v) is 5.64. The van der Waals surface area contributed by atoms with Crippen LogP contribution in [-0.4, -0.2) is 37.1 Å². The molecule has 0 aliphatic carbocycles. The third-order valence-electron chi connectivity index (χ3n) is 5.64. The maximum atomic E-state index is 14.8. The lowest BCUT2D eigenvalue weighted by molar-refractivity contribution is -0.140. The topological polar surface area (TPSA) is 105 Å². The summed E-state index contributed by atoms with van der Waals surface area (Å²) in [6.07, 6.45) is 0. The van der Waals surface area contributed by atoms with Crippen molar-refractivity contribution >= 4 is 23.9 Å². The molecule has 0 saturated heterocycles. The molecule has 0 aliphatic heterocycles. The minimum atomic E-state index is -0.892. The third kappa shape index (κ3) is 8.34. The molecule has 0 amide bonds. The van der Waals surface area contributed by atoms with E-state index in [-0.39, 0.29) is 47.0 Å². The molecule has 3 aromatic carbocycles. The van der Waals surface area contributed by atoms with E-state index >= 15 is 0 Å². The van der Waals surface area contributed by atoms with E-state index < -0.39 is 29.7 Å². The summed E-state index contributed by atoms with van der Waals surface area (Å²) < 4.78 is 35.3. The molecule has 9 heteroatoms. The van der Waals surface area contributed by atoms with Crippen LogP contribution in [0.3, 0.4) is 0 Å². The first-order valence-corrected chi connectivity index (χ1v) is 12.7. The predicted octanol–water partition coefficient (Wildman–Crippen LogP) is 6.40. The number of carbonyl (C=O) groups excluding carboxylic acids is 4. The maximum absolute atomic E-state index is 14.8. The molecular weight excluding hydrogens is 543 g/mol. The molecule has 0 radical (unpaired) electrons. The van der Waals surface area contributed by atoms with Crippen molar-refractivity contribution in [2.24, 2.45) is 0 Å². The highest BCUT2D eigenvalue weighted by Gasteiger charge is 2.16. The number of benzene rings is 3. The van der Waals surface area contributed by atoms with Gasteiger partial charge in [0, 0.05) is 22.8 Å². The van der Waals surface area contributed by atoms with Gasteiger partial charge in [0.1, 0.15) is 30.5 Å². The van der Waals surface area contributed by atoms with Gasteiger partial charge in [-0.1, -0.05) is 50.1 Å². The number of halogens is 1. The van der Waals surface area contributed by atoms with E-state index in [1.807, 2.05) is 0 Å². The van der Waals surface area contributed by atoms with Crippen molar-refractivity contribution < 1.29 is 42.5 Å². The quantitative estimate of drug-likeness (QED) is 0.113. The second-order valence-corrected chi connectivity index (χ2v) is 9.36. The van der Waals surface area contributed by atoms with Crippen LogP contribution in [0, 0.1) is 5.82 Å². The summed E-state index contributed by atoms with van der Waals surface area (Å²) in [5.74, 6) is -3.27. The van der Waals surface area contributed by atoms with Crippen LogP contribution in [0.2, 0.25) is 0 Å². The number of hydrogen-bond acceptors (Lipinski definition) is 8. The van der Waals surface area contributed by atoms with Gasteiger partial charge in [-0.2, -0.15) is 0 Å². The molecule has 3 rings (SSSR count). The Morgan fingerprint density at radius 2 is 1.05 bits per heavy atom. The summed E-state index contributed by atoms with van der Waals surface area (Å²) in [6.45, 7) is 14.7. The Balaban J connectivity index is 1.79.